The van der Waals surface area contributed by atoms with E-state index in [9.17, 15) is 13.2 Å². The first-order chi connectivity index (χ1) is 14.9. The first-order valence-corrected chi connectivity index (χ1v) is 11.9. The van der Waals surface area contributed by atoms with Crippen molar-refractivity contribution >= 4 is 15.9 Å². The molecule has 0 spiro atoms. The van der Waals surface area contributed by atoms with Gasteiger partial charge in [0.05, 0.1) is 4.90 Å². The van der Waals surface area contributed by atoms with Gasteiger partial charge in [0, 0.05) is 26.1 Å². The van der Waals surface area contributed by atoms with Crippen LogP contribution in [0.25, 0.3) is 11.1 Å². The predicted octanol–water partition coefficient (Wildman–Crippen LogP) is 4.26. The maximum atomic E-state index is 12.7. The van der Waals surface area contributed by atoms with Gasteiger partial charge < -0.3 is 4.90 Å². The van der Waals surface area contributed by atoms with E-state index in [-0.39, 0.29) is 17.3 Å². The number of aryl methyl sites for hydroxylation is 1. The molecule has 5 nitrogen and oxygen atoms in total. The van der Waals surface area contributed by atoms with Crippen LogP contribution in [-0.4, -0.2) is 25.8 Å². The lowest BCUT2D eigenvalue weighted by molar-refractivity contribution is -0.128. The smallest absolute Gasteiger partial charge is 0.240 e. The van der Waals surface area contributed by atoms with E-state index >= 15 is 0 Å². The van der Waals surface area contributed by atoms with Crippen molar-refractivity contribution in [3.63, 3.8) is 0 Å². The molecule has 4 rings (SSSR count). The Morgan fingerprint density at radius 3 is 2.32 bits per heavy atom. The van der Waals surface area contributed by atoms with Gasteiger partial charge in [0.1, 0.15) is 0 Å². The Morgan fingerprint density at radius 1 is 0.935 bits per heavy atom. The molecule has 3 aromatic carbocycles. The number of sulfonamides is 1. The lowest BCUT2D eigenvalue weighted by atomic mass is 9.98. The molecule has 1 amide bonds. The second-order valence-electron chi connectivity index (χ2n) is 7.91. The van der Waals surface area contributed by atoms with Crippen LogP contribution in [0.1, 0.15) is 29.5 Å². The van der Waals surface area contributed by atoms with E-state index in [0.29, 0.717) is 13.0 Å². The average molecular weight is 435 g/mol. The van der Waals surface area contributed by atoms with Crippen molar-refractivity contribution in [1.82, 2.24) is 9.62 Å². The summed E-state index contributed by atoms with van der Waals surface area (Å²) in [5.41, 5.74) is 5.01. The minimum absolute atomic E-state index is 0.205. The van der Waals surface area contributed by atoms with E-state index < -0.39 is 10.0 Å². The Kier molecular flexibility index (Phi) is 6.20. The Balaban J connectivity index is 1.49. The van der Waals surface area contributed by atoms with Gasteiger partial charge in [0.2, 0.25) is 15.9 Å². The molecule has 3 aromatic rings. The number of likely N-dealkylation sites (tertiary alicyclic amines) is 1. The van der Waals surface area contributed by atoms with Gasteiger partial charge in [0.15, 0.2) is 0 Å². The summed E-state index contributed by atoms with van der Waals surface area (Å²) in [4.78, 5) is 14.0. The summed E-state index contributed by atoms with van der Waals surface area (Å²) in [5, 5.41) is 0. The van der Waals surface area contributed by atoms with E-state index in [1.165, 1.54) is 0 Å². The molecule has 0 atom stereocenters. The first-order valence-electron chi connectivity index (χ1n) is 10.4. The van der Waals surface area contributed by atoms with Crippen LogP contribution < -0.4 is 4.72 Å². The fourth-order valence-electron chi connectivity index (χ4n) is 3.81. The average Bonchev–Trinajstić information content (AvgIpc) is 3.18. The quantitative estimate of drug-likeness (QED) is 0.604. The molecule has 1 heterocycles. The van der Waals surface area contributed by atoms with Crippen LogP contribution in [0.5, 0.6) is 0 Å². The monoisotopic (exact) mass is 434 g/mol. The highest BCUT2D eigenvalue weighted by molar-refractivity contribution is 7.89. The Hall–Kier alpha value is -2.96. The molecule has 0 aromatic heterocycles. The zero-order valence-corrected chi connectivity index (χ0v) is 18.4. The molecule has 1 saturated heterocycles. The third kappa shape index (κ3) is 5.03. The van der Waals surface area contributed by atoms with Gasteiger partial charge in [-0.3, -0.25) is 4.79 Å². The van der Waals surface area contributed by atoms with Crippen molar-refractivity contribution in [2.24, 2.45) is 0 Å². The number of benzene rings is 3. The Labute approximate surface area is 183 Å². The fourth-order valence-corrected chi connectivity index (χ4v) is 4.82. The van der Waals surface area contributed by atoms with Crippen LogP contribution in [0.15, 0.2) is 77.7 Å². The molecule has 0 unspecified atom stereocenters. The number of carbonyl (C=O) groups is 1. The maximum Gasteiger partial charge on any atom is 0.240 e. The number of carbonyl (C=O) groups excluding carboxylic acids is 1. The van der Waals surface area contributed by atoms with E-state index in [1.807, 2.05) is 60.4 Å². The normalized spacial score (nSPS) is 14.2. The van der Waals surface area contributed by atoms with E-state index in [1.54, 1.807) is 24.3 Å². The lowest BCUT2D eigenvalue weighted by Gasteiger charge is -2.16. The number of hydrogen-bond donors (Lipinski definition) is 1. The second-order valence-corrected chi connectivity index (χ2v) is 9.68. The molecule has 0 saturated carbocycles. The van der Waals surface area contributed by atoms with Gasteiger partial charge in [0.25, 0.3) is 0 Å². The summed E-state index contributed by atoms with van der Waals surface area (Å²) in [5.74, 6) is 0.218. The van der Waals surface area contributed by atoms with Crippen LogP contribution in [0.4, 0.5) is 0 Å². The van der Waals surface area contributed by atoms with Gasteiger partial charge in [-0.1, -0.05) is 66.2 Å². The predicted molar refractivity (Wildman–Crippen MR) is 122 cm³/mol. The fraction of sp³-hybridized carbons (Fsp3) is 0.240. The summed E-state index contributed by atoms with van der Waals surface area (Å²) >= 11 is 0. The SMILES string of the molecule is Cc1ccc(S(=O)(=O)NCc2ccccc2-c2ccc(CN3CCCC3=O)cc2)cc1. The standard InChI is InChI=1S/C25H26N2O3S/c1-19-8-14-23(15-9-19)31(29,30)26-17-22-5-2-3-6-24(22)21-12-10-20(11-13-21)18-27-16-4-7-25(27)28/h2-3,5-6,8-15,26H,4,7,16-18H2,1H3. The number of nitrogens with zero attached hydrogens (tertiary/aromatic N) is 1. The minimum Gasteiger partial charge on any atom is -0.338 e. The van der Waals surface area contributed by atoms with Gasteiger partial charge in [-0.05, 0) is 47.7 Å². The van der Waals surface area contributed by atoms with Crippen LogP contribution in [-0.2, 0) is 27.9 Å². The molecule has 1 aliphatic heterocycles. The Morgan fingerprint density at radius 2 is 1.65 bits per heavy atom. The molecule has 1 N–H and O–H groups in total. The number of hydrogen-bond acceptors (Lipinski definition) is 3. The summed E-state index contributed by atoms with van der Waals surface area (Å²) < 4.78 is 28.0. The third-order valence-electron chi connectivity index (χ3n) is 5.61. The van der Waals surface area contributed by atoms with Crippen molar-refractivity contribution in [2.75, 3.05) is 6.54 Å². The highest BCUT2D eigenvalue weighted by atomic mass is 32.2. The number of nitrogens with one attached hydrogen (secondary N) is 1. The topological polar surface area (TPSA) is 66.5 Å². The maximum absolute atomic E-state index is 12.7. The molecule has 160 valence electrons. The van der Waals surface area contributed by atoms with Crippen molar-refractivity contribution in [2.45, 2.75) is 37.8 Å². The summed E-state index contributed by atoms with van der Waals surface area (Å²) in [6, 6.07) is 22.7. The van der Waals surface area contributed by atoms with Crippen molar-refractivity contribution in [3.05, 3.63) is 89.5 Å². The number of rotatable bonds is 7. The molecular formula is C25H26N2O3S. The molecule has 0 radical (unpaired) electrons. The highest BCUT2D eigenvalue weighted by Gasteiger charge is 2.20. The van der Waals surface area contributed by atoms with Crippen molar-refractivity contribution in [3.8, 4) is 11.1 Å². The Bertz CT molecular complexity index is 1170. The zero-order valence-electron chi connectivity index (χ0n) is 17.5. The largest absolute Gasteiger partial charge is 0.338 e. The second kappa shape index (κ2) is 9.04. The third-order valence-corrected chi connectivity index (χ3v) is 7.03. The summed E-state index contributed by atoms with van der Waals surface area (Å²) in [6.45, 7) is 3.59. The van der Waals surface area contributed by atoms with Crippen LogP contribution in [0.3, 0.4) is 0 Å². The van der Waals surface area contributed by atoms with Crippen molar-refractivity contribution in [1.29, 1.82) is 0 Å². The van der Waals surface area contributed by atoms with Gasteiger partial charge in [-0.2, -0.15) is 0 Å². The van der Waals surface area contributed by atoms with E-state index in [0.717, 1.165) is 40.8 Å². The zero-order chi connectivity index (χ0) is 21.8. The summed E-state index contributed by atoms with van der Waals surface area (Å²) in [6.07, 6.45) is 1.58. The van der Waals surface area contributed by atoms with Crippen LogP contribution >= 0.6 is 0 Å². The molecule has 1 fully saturated rings. The minimum atomic E-state index is -3.59. The van der Waals surface area contributed by atoms with E-state index in [2.05, 4.69) is 4.72 Å². The van der Waals surface area contributed by atoms with E-state index in [4.69, 9.17) is 0 Å². The molecule has 0 aliphatic carbocycles. The molecule has 6 heteroatoms. The van der Waals surface area contributed by atoms with Crippen LogP contribution in [0.2, 0.25) is 0 Å². The van der Waals surface area contributed by atoms with Crippen molar-refractivity contribution < 1.29 is 13.2 Å². The highest BCUT2D eigenvalue weighted by Crippen LogP contribution is 2.25. The first kappa shape index (κ1) is 21.3. The lowest BCUT2D eigenvalue weighted by Crippen LogP contribution is -2.23. The van der Waals surface area contributed by atoms with Gasteiger partial charge >= 0.3 is 0 Å². The van der Waals surface area contributed by atoms with Gasteiger partial charge in [-0.15, -0.1) is 0 Å². The molecular weight excluding hydrogens is 408 g/mol. The molecule has 31 heavy (non-hydrogen) atoms. The molecule has 1 aliphatic rings. The molecule has 0 bridgehead atoms. The van der Waals surface area contributed by atoms with Crippen LogP contribution in [0, 0.1) is 6.92 Å². The number of amides is 1. The summed E-state index contributed by atoms with van der Waals surface area (Å²) in [7, 11) is -3.59. The van der Waals surface area contributed by atoms with Gasteiger partial charge in [-0.25, -0.2) is 13.1 Å².